The molecule has 0 aromatic carbocycles. The summed E-state index contributed by atoms with van der Waals surface area (Å²) in [6.07, 6.45) is 2.92. The third-order valence-electron chi connectivity index (χ3n) is 2.90. The van der Waals surface area contributed by atoms with Crippen molar-refractivity contribution < 1.29 is 8.42 Å². The number of hydrogen-bond acceptors (Lipinski definition) is 6. The molecule has 8 heteroatoms. The fourth-order valence-corrected chi connectivity index (χ4v) is 3.70. The number of aryl methyl sites for hydroxylation is 1. The van der Waals surface area contributed by atoms with Gasteiger partial charge in [-0.1, -0.05) is 0 Å². The summed E-state index contributed by atoms with van der Waals surface area (Å²) in [5.41, 5.74) is 0. The van der Waals surface area contributed by atoms with Crippen LogP contribution in [0.3, 0.4) is 0 Å². The van der Waals surface area contributed by atoms with Gasteiger partial charge in [-0.15, -0.1) is 21.5 Å². The fraction of sp³-hybridized carbons (Fsp3) is 0.800. The summed E-state index contributed by atoms with van der Waals surface area (Å²) in [5, 5.41) is 10.1. The molecule has 0 bridgehead atoms. The SMILES string of the molecule is Cc1nnc(CN2CCC(NS(C)(=O)=O)CC2)s1. The van der Waals surface area contributed by atoms with Gasteiger partial charge in [-0.05, 0) is 19.8 Å². The number of likely N-dealkylation sites (tertiary alicyclic amines) is 1. The second-order valence-corrected chi connectivity index (χ2v) is 7.70. The van der Waals surface area contributed by atoms with Gasteiger partial charge in [-0.25, -0.2) is 13.1 Å². The Morgan fingerprint density at radius 2 is 2.06 bits per heavy atom. The van der Waals surface area contributed by atoms with Gasteiger partial charge in [-0.2, -0.15) is 0 Å². The first-order valence-electron chi connectivity index (χ1n) is 5.91. The minimum absolute atomic E-state index is 0.0763. The van der Waals surface area contributed by atoms with Crippen LogP contribution in [0.1, 0.15) is 22.9 Å². The molecule has 0 unspecified atom stereocenters. The smallest absolute Gasteiger partial charge is 0.208 e. The summed E-state index contributed by atoms with van der Waals surface area (Å²) in [6.45, 7) is 4.55. The van der Waals surface area contributed by atoms with Crippen molar-refractivity contribution in [3.8, 4) is 0 Å². The van der Waals surface area contributed by atoms with Crippen molar-refractivity contribution in [1.82, 2.24) is 19.8 Å². The van der Waals surface area contributed by atoms with E-state index < -0.39 is 10.0 Å². The van der Waals surface area contributed by atoms with Gasteiger partial charge in [0.25, 0.3) is 0 Å². The van der Waals surface area contributed by atoms with Crippen LogP contribution in [0.2, 0.25) is 0 Å². The molecule has 6 nitrogen and oxygen atoms in total. The predicted octanol–water partition coefficient (Wildman–Crippen LogP) is 0.360. The third kappa shape index (κ3) is 4.27. The maximum absolute atomic E-state index is 11.1. The standard InChI is InChI=1S/C10H18N4O2S2/c1-8-11-12-10(17-8)7-14-5-3-9(4-6-14)13-18(2,15)16/h9,13H,3-7H2,1-2H3. The Balaban J connectivity index is 1.80. The van der Waals surface area contributed by atoms with Crippen LogP contribution in [0.4, 0.5) is 0 Å². The number of nitrogens with one attached hydrogen (secondary N) is 1. The summed E-state index contributed by atoms with van der Waals surface area (Å²) in [7, 11) is -3.09. The molecule has 0 radical (unpaired) electrons. The zero-order chi connectivity index (χ0) is 13.2. The normalized spacial score (nSPS) is 19.2. The quantitative estimate of drug-likeness (QED) is 0.866. The van der Waals surface area contributed by atoms with E-state index in [9.17, 15) is 8.42 Å². The number of nitrogens with zero attached hydrogens (tertiary/aromatic N) is 3. The monoisotopic (exact) mass is 290 g/mol. The van der Waals surface area contributed by atoms with E-state index in [1.165, 1.54) is 6.26 Å². The van der Waals surface area contributed by atoms with Crippen LogP contribution in [0.25, 0.3) is 0 Å². The molecule has 2 rings (SSSR count). The predicted molar refractivity (Wildman–Crippen MR) is 70.9 cm³/mol. The molecule has 0 saturated carbocycles. The van der Waals surface area contributed by atoms with Crippen molar-refractivity contribution in [3.05, 3.63) is 10.0 Å². The lowest BCUT2D eigenvalue weighted by Gasteiger charge is -2.31. The Hall–Kier alpha value is -0.570. The molecule has 1 N–H and O–H groups in total. The van der Waals surface area contributed by atoms with Gasteiger partial charge in [0.1, 0.15) is 10.0 Å². The van der Waals surface area contributed by atoms with Crippen molar-refractivity contribution in [2.75, 3.05) is 19.3 Å². The van der Waals surface area contributed by atoms with Gasteiger partial charge >= 0.3 is 0 Å². The lowest BCUT2D eigenvalue weighted by atomic mass is 10.1. The third-order valence-corrected chi connectivity index (χ3v) is 4.48. The Labute approximate surface area is 111 Å². The highest BCUT2D eigenvalue weighted by Crippen LogP contribution is 2.16. The molecule has 1 aliphatic heterocycles. The molecule has 1 aromatic rings. The highest BCUT2D eigenvalue weighted by Gasteiger charge is 2.22. The van der Waals surface area contributed by atoms with Gasteiger partial charge in [0.05, 0.1) is 12.8 Å². The van der Waals surface area contributed by atoms with E-state index in [2.05, 4.69) is 19.8 Å². The van der Waals surface area contributed by atoms with E-state index in [4.69, 9.17) is 0 Å². The molecular weight excluding hydrogens is 272 g/mol. The Bertz CT molecular complexity index is 492. The summed E-state index contributed by atoms with van der Waals surface area (Å²) >= 11 is 1.62. The molecule has 1 fully saturated rings. The maximum Gasteiger partial charge on any atom is 0.208 e. The van der Waals surface area contributed by atoms with Crippen LogP contribution in [0, 0.1) is 6.92 Å². The molecule has 0 amide bonds. The van der Waals surface area contributed by atoms with Gasteiger partial charge in [0.2, 0.25) is 10.0 Å². The van der Waals surface area contributed by atoms with E-state index in [1.807, 2.05) is 6.92 Å². The van der Waals surface area contributed by atoms with Crippen LogP contribution < -0.4 is 4.72 Å². The second kappa shape index (κ2) is 5.60. The van der Waals surface area contributed by atoms with Crippen LogP contribution >= 0.6 is 11.3 Å². The Morgan fingerprint density at radius 3 is 2.56 bits per heavy atom. The van der Waals surface area contributed by atoms with Gasteiger partial charge in [0, 0.05) is 19.1 Å². The highest BCUT2D eigenvalue weighted by molar-refractivity contribution is 7.88. The van der Waals surface area contributed by atoms with Crippen LogP contribution in [0.5, 0.6) is 0 Å². The molecule has 1 saturated heterocycles. The first-order valence-corrected chi connectivity index (χ1v) is 8.62. The fourth-order valence-electron chi connectivity index (χ4n) is 2.10. The average molecular weight is 290 g/mol. The molecule has 0 aliphatic carbocycles. The first-order chi connectivity index (χ1) is 8.42. The van der Waals surface area contributed by atoms with Gasteiger partial charge in [0.15, 0.2) is 0 Å². The van der Waals surface area contributed by atoms with Crippen LogP contribution in [-0.2, 0) is 16.6 Å². The molecular formula is C10H18N4O2S2. The lowest BCUT2D eigenvalue weighted by Crippen LogP contribution is -2.43. The molecule has 102 valence electrons. The minimum atomic E-state index is -3.09. The van der Waals surface area contributed by atoms with E-state index in [0.29, 0.717) is 0 Å². The second-order valence-electron chi connectivity index (χ2n) is 4.66. The van der Waals surface area contributed by atoms with E-state index in [-0.39, 0.29) is 6.04 Å². The topological polar surface area (TPSA) is 75.2 Å². The molecule has 2 heterocycles. The van der Waals surface area contributed by atoms with E-state index >= 15 is 0 Å². The van der Waals surface area contributed by atoms with Crippen molar-refractivity contribution >= 4 is 21.4 Å². The zero-order valence-corrected chi connectivity index (χ0v) is 12.2. The minimum Gasteiger partial charge on any atom is -0.296 e. The number of aromatic nitrogens is 2. The van der Waals surface area contributed by atoms with E-state index in [0.717, 1.165) is 42.5 Å². The summed E-state index contributed by atoms with van der Waals surface area (Å²) in [4.78, 5) is 2.29. The van der Waals surface area contributed by atoms with Crippen molar-refractivity contribution in [2.24, 2.45) is 0 Å². The largest absolute Gasteiger partial charge is 0.296 e. The number of piperidine rings is 1. The molecule has 1 aromatic heterocycles. The first kappa shape index (κ1) is 13.9. The maximum atomic E-state index is 11.1. The Morgan fingerprint density at radius 1 is 1.39 bits per heavy atom. The van der Waals surface area contributed by atoms with Crippen molar-refractivity contribution in [3.63, 3.8) is 0 Å². The number of rotatable bonds is 4. The number of hydrogen-bond donors (Lipinski definition) is 1. The van der Waals surface area contributed by atoms with E-state index in [1.54, 1.807) is 11.3 Å². The zero-order valence-electron chi connectivity index (χ0n) is 10.6. The molecule has 1 aliphatic rings. The molecule has 0 spiro atoms. The summed E-state index contributed by atoms with van der Waals surface area (Å²) in [5.74, 6) is 0. The average Bonchev–Trinajstić information content (AvgIpc) is 2.65. The lowest BCUT2D eigenvalue weighted by molar-refractivity contribution is 0.199. The highest BCUT2D eigenvalue weighted by atomic mass is 32.2. The summed E-state index contributed by atoms with van der Waals surface area (Å²) in [6, 6.07) is 0.0763. The van der Waals surface area contributed by atoms with Crippen LogP contribution in [-0.4, -0.2) is 48.9 Å². The molecule has 0 atom stereocenters. The Kier molecular flexibility index (Phi) is 4.31. The molecule has 18 heavy (non-hydrogen) atoms. The summed E-state index contributed by atoms with van der Waals surface area (Å²) < 4.78 is 24.9. The van der Waals surface area contributed by atoms with Gasteiger partial charge < -0.3 is 0 Å². The van der Waals surface area contributed by atoms with Crippen molar-refractivity contribution in [1.29, 1.82) is 0 Å². The van der Waals surface area contributed by atoms with Crippen molar-refractivity contribution in [2.45, 2.75) is 32.4 Å². The van der Waals surface area contributed by atoms with Crippen LogP contribution in [0.15, 0.2) is 0 Å². The number of sulfonamides is 1. The van der Waals surface area contributed by atoms with Gasteiger partial charge in [-0.3, -0.25) is 4.90 Å².